The van der Waals surface area contributed by atoms with E-state index in [-0.39, 0.29) is 5.91 Å². The number of nitrogen functional groups attached to an aromatic ring is 1. The summed E-state index contributed by atoms with van der Waals surface area (Å²) in [7, 11) is 1.97. The van der Waals surface area contributed by atoms with Crippen molar-refractivity contribution in [3.8, 4) is 0 Å². The van der Waals surface area contributed by atoms with Crippen molar-refractivity contribution in [1.29, 1.82) is 0 Å². The number of amides is 1. The summed E-state index contributed by atoms with van der Waals surface area (Å²) in [6.45, 7) is 4.54. The highest BCUT2D eigenvalue weighted by molar-refractivity contribution is 6.02. The van der Waals surface area contributed by atoms with E-state index in [4.69, 9.17) is 5.73 Å². The lowest BCUT2D eigenvalue weighted by atomic mass is 9.92. The Labute approximate surface area is 95.4 Å². The molecule has 16 heavy (non-hydrogen) atoms. The standard InChI is InChI=1S/C12H17N3O/c1-12(2)7-15(3)9-6-4-5-8(13)10(9)14-11(12)16/h4-6H,7,13H2,1-3H3,(H,14,16). The molecule has 1 aliphatic heterocycles. The summed E-state index contributed by atoms with van der Waals surface area (Å²) in [6, 6.07) is 5.66. The van der Waals surface area contributed by atoms with Gasteiger partial charge in [-0.15, -0.1) is 0 Å². The van der Waals surface area contributed by atoms with Crippen LogP contribution in [0.5, 0.6) is 0 Å². The van der Waals surface area contributed by atoms with Crippen LogP contribution in [0.4, 0.5) is 17.1 Å². The van der Waals surface area contributed by atoms with Crippen molar-refractivity contribution in [3.05, 3.63) is 18.2 Å². The van der Waals surface area contributed by atoms with Crippen LogP contribution < -0.4 is 16.0 Å². The topological polar surface area (TPSA) is 58.4 Å². The molecule has 1 aromatic carbocycles. The largest absolute Gasteiger partial charge is 0.397 e. The first-order valence-corrected chi connectivity index (χ1v) is 5.33. The lowest BCUT2D eigenvalue weighted by molar-refractivity contribution is -0.123. The fourth-order valence-electron chi connectivity index (χ4n) is 2.04. The molecule has 0 aliphatic carbocycles. The second-order valence-corrected chi connectivity index (χ2v) is 4.94. The quantitative estimate of drug-likeness (QED) is 0.653. The summed E-state index contributed by atoms with van der Waals surface area (Å²) >= 11 is 0. The number of fused-ring (bicyclic) bond motifs is 1. The Bertz CT molecular complexity index is 440. The van der Waals surface area contributed by atoms with Crippen LogP contribution in [0, 0.1) is 5.41 Å². The Morgan fingerprint density at radius 2 is 2.12 bits per heavy atom. The molecule has 2 rings (SSSR count). The highest BCUT2D eigenvalue weighted by atomic mass is 16.2. The number of nitrogens with two attached hydrogens (primary N) is 1. The van der Waals surface area contributed by atoms with E-state index in [2.05, 4.69) is 10.2 Å². The molecular weight excluding hydrogens is 202 g/mol. The number of carbonyl (C=O) groups is 1. The van der Waals surface area contributed by atoms with Crippen LogP contribution in [0.25, 0.3) is 0 Å². The van der Waals surface area contributed by atoms with E-state index in [0.29, 0.717) is 12.2 Å². The summed E-state index contributed by atoms with van der Waals surface area (Å²) in [5.41, 5.74) is 7.77. The molecule has 4 nitrogen and oxygen atoms in total. The van der Waals surface area contributed by atoms with Gasteiger partial charge in [0.1, 0.15) is 0 Å². The van der Waals surface area contributed by atoms with Crippen LogP contribution >= 0.6 is 0 Å². The molecule has 0 saturated heterocycles. The maximum absolute atomic E-state index is 12.0. The number of benzene rings is 1. The van der Waals surface area contributed by atoms with Crippen molar-refractivity contribution in [1.82, 2.24) is 0 Å². The van der Waals surface area contributed by atoms with E-state index < -0.39 is 5.41 Å². The van der Waals surface area contributed by atoms with E-state index in [1.54, 1.807) is 6.07 Å². The molecule has 0 unspecified atom stereocenters. The van der Waals surface area contributed by atoms with Gasteiger partial charge < -0.3 is 16.0 Å². The van der Waals surface area contributed by atoms with Crippen LogP contribution in [0.15, 0.2) is 18.2 Å². The lowest BCUT2D eigenvalue weighted by Crippen LogP contribution is -2.37. The van der Waals surface area contributed by atoms with Gasteiger partial charge >= 0.3 is 0 Å². The van der Waals surface area contributed by atoms with E-state index in [1.807, 2.05) is 33.0 Å². The zero-order chi connectivity index (χ0) is 11.9. The summed E-state index contributed by atoms with van der Waals surface area (Å²) in [4.78, 5) is 14.1. The van der Waals surface area contributed by atoms with Crippen molar-refractivity contribution < 1.29 is 4.79 Å². The van der Waals surface area contributed by atoms with E-state index >= 15 is 0 Å². The number of hydrogen-bond donors (Lipinski definition) is 2. The molecular formula is C12H17N3O. The van der Waals surface area contributed by atoms with E-state index in [0.717, 1.165) is 11.4 Å². The lowest BCUT2D eigenvalue weighted by Gasteiger charge is -2.26. The fourth-order valence-corrected chi connectivity index (χ4v) is 2.04. The molecule has 0 bridgehead atoms. The monoisotopic (exact) mass is 219 g/mol. The third-order valence-corrected chi connectivity index (χ3v) is 2.97. The minimum absolute atomic E-state index is 0.0102. The predicted octanol–water partition coefficient (Wildman–Crippen LogP) is 1.68. The van der Waals surface area contributed by atoms with Crippen molar-refractivity contribution >= 4 is 23.0 Å². The summed E-state index contributed by atoms with van der Waals surface area (Å²) in [5.74, 6) is 0.0102. The third-order valence-electron chi connectivity index (χ3n) is 2.97. The predicted molar refractivity (Wildman–Crippen MR) is 66.5 cm³/mol. The maximum Gasteiger partial charge on any atom is 0.231 e. The average molecular weight is 219 g/mol. The normalized spacial score (nSPS) is 18.7. The molecule has 1 aromatic rings. The molecule has 0 radical (unpaired) electrons. The van der Waals surface area contributed by atoms with Gasteiger partial charge in [0.25, 0.3) is 0 Å². The number of para-hydroxylation sites is 1. The molecule has 1 aliphatic rings. The molecule has 1 heterocycles. The van der Waals surface area contributed by atoms with Crippen LogP contribution in [0.1, 0.15) is 13.8 Å². The summed E-state index contributed by atoms with van der Waals surface area (Å²) < 4.78 is 0. The van der Waals surface area contributed by atoms with Gasteiger partial charge in [-0.3, -0.25) is 4.79 Å². The molecule has 0 aromatic heterocycles. The van der Waals surface area contributed by atoms with E-state index in [9.17, 15) is 4.79 Å². The third kappa shape index (κ3) is 1.60. The first-order valence-electron chi connectivity index (χ1n) is 5.33. The zero-order valence-electron chi connectivity index (χ0n) is 9.87. The van der Waals surface area contributed by atoms with Gasteiger partial charge in [-0.2, -0.15) is 0 Å². The molecule has 0 spiro atoms. The molecule has 3 N–H and O–H groups in total. The number of nitrogens with one attached hydrogen (secondary N) is 1. The second-order valence-electron chi connectivity index (χ2n) is 4.94. The minimum Gasteiger partial charge on any atom is -0.397 e. The average Bonchev–Trinajstić information content (AvgIpc) is 2.26. The van der Waals surface area contributed by atoms with Crippen molar-refractivity contribution in [2.45, 2.75) is 13.8 Å². The van der Waals surface area contributed by atoms with Crippen LogP contribution in [-0.2, 0) is 4.79 Å². The number of carbonyl (C=O) groups excluding carboxylic acids is 1. The van der Waals surface area contributed by atoms with Crippen LogP contribution in [0.2, 0.25) is 0 Å². The Morgan fingerprint density at radius 3 is 2.81 bits per heavy atom. The van der Waals surface area contributed by atoms with Gasteiger partial charge in [0.05, 0.1) is 22.5 Å². The maximum atomic E-state index is 12.0. The van der Waals surface area contributed by atoms with Gasteiger partial charge in [-0.05, 0) is 26.0 Å². The summed E-state index contributed by atoms with van der Waals surface area (Å²) in [6.07, 6.45) is 0. The first kappa shape index (κ1) is 10.8. The van der Waals surface area contributed by atoms with Gasteiger partial charge in [-0.25, -0.2) is 0 Å². The summed E-state index contributed by atoms with van der Waals surface area (Å²) in [5, 5.41) is 2.91. The molecule has 1 amide bonds. The smallest absolute Gasteiger partial charge is 0.231 e. The molecule has 0 atom stereocenters. The minimum atomic E-state index is -0.416. The molecule has 0 fully saturated rings. The van der Waals surface area contributed by atoms with Crippen LogP contribution in [-0.4, -0.2) is 19.5 Å². The molecule has 86 valence electrons. The molecule has 0 saturated carbocycles. The second kappa shape index (κ2) is 3.40. The zero-order valence-corrected chi connectivity index (χ0v) is 9.87. The Kier molecular flexibility index (Phi) is 2.30. The Balaban J connectivity index is 2.53. The van der Waals surface area contributed by atoms with Crippen molar-refractivity contribution in [2.75, 3.05) is 29.5 Å². The Hall–Kier alpha value is -1.71. The number of rotatable bonds is 0. The first-order chi connectivity index (χ1) is 7.42. The highest BCUT2D eigenvalue weighted by Crippen LogP contribution is 2.36. The fraction of sp³-hybridized carbons (Fsp3) is 0.417. The number of anilines is 3. The Morgan fingerprint density at radius 1 is 1.44 bits per heavy atom. The number of hydrogen-bond acceptors (Lipinski definition) is 3. The number of nitrogens with zero attached hydrogens (tertiary/aromatic N) is 1. The van der Waals surface area contributed by atoms with Gasteiger partial charge in [0.15, 0.2) is 0 Å². The van der Waals surface area contributed by atoms with E-state index in [1.165, 1.54) is 0 Å². The van der Waals surface area contributed by atoms with Gasteiger partial charge in [0.2, 0.25) is 5.91 Å². The SMILES string of the molecule is CN1CC(C)(C)C(=O)Nc2c(N)cccc21. The van der Waals surface area contributed by atoms with Crippen LogP contribution in [0.3, 0.4) is 0 Å². The van der Waals surface area contributed by atoms with Gasteiger partial charge in [-0.1, -0.05) is 6.07 Å². The highest BCUT2D eigenvalue weighted by Gasteiger charge is 2.33. The molecule has 4 heteroatoms. The van der Waals surface area contributed by atoms with Crippen molar-refractivity contribution in [2.24, 2.45) is 5.41 Å². The van der Waals surface area contributed by atoms with Crippen molar-refractivity contribution in [3.63, 3.8) is 0 Å². The van der Waals surface area contributed by atoms with Gasteiger partial charge in [0, 0.05) is 13.6 Å².